The van der Waals surface area contributed by atoms with Crippen molar-refractivity contribution in [1.82, 2.24) is 0 Å². The number of rotatable bonds is 4. The summed E-state index contributed by atoms with van der Waals surface area (Å²) < 4.78 is 6.26. The zero-order chi connectivity index (χ0) is 14.5. The van der Waals surface area contributed by atoms with E-state index in [2.05, 4.69) is 21.2 Å². The van der Waals surface area contributed by atoms with Gasteiger partial charge in [-0.25, -0.2) is 0 Å². The van der Waals surface area contributed by atoms with Crippen LogP contribution >= 0.6 is 15.9 Å². The number of nitrogens with two attached hydrogens (primary N) is 1. The molecule has 20 heavy (non-hydrogen) atoms. The lowest BCUT2D eigenvalue weighted by Gasteiger charge is -2.10. The highest BCUT2D eigenvalue weighted by atomic mass is 79.9. The number of hydrogen-bond acceptors (Lipinski definition) is 3. The van der Waals surface area contributed by atoms with Crippen LogP contribution in [0.5, 0.6) is 5.75 Å². The Bertz CT molecular complexity index is 612. The largest absolute Gasteiger partial charge is 0.484 e. The third kappa shape index (κ3) is 3.74. The molecule has 104 valence electrons. The molecule has 0 aliphatic rings. The van der Waals surface area contributed by atoms with Gasteiger partial charge < -0.3 is 15.8 Å². The molecule has 0 heterocycles. The molecule has 2 aromatic rings. The Morgan fingerprint density at radius 3 is 2.65 bits per heavy atom. The van der Waals surface area contributed by atoms with Gasteiger partial charge in [-0.3, -0.25) is 4.79 Å². The third-order valence-electron chi connectivity index (χ3n) is 2.72. The molecule has 0 aliphatic carbocycles. The van der Waals surface area contributed by atoms with E-state index in [1.165, 1.54) is 0 Å². The van der Waals surface area contributed by atoms with Gasteiger partial charge in [-0.05, 0) is 58.7 Å². The Labute approximate surface area is 126 Å². The highest BCUT2D eigenvalue weighted by Crippen LogP contribution is 2.25. The normalized spacial score (nSPS) is 10.1. The van der Waals surface area contributed by atoms with E-state index < -0.39 is 0 Å². The van der Waals surface area contributed by atoms with Gasteiger partial charge in [0.2, 0.25) is 0 Å². The minimum absolute atomic E-state index is 0.0513. The zero-order valence-corrected chi connectivity index (χ0v) is 12.6. The molecule has 0 aromatic heterocycles. The number of nitrogen functional groups attached to an aromatic ring is 1. The summed E-state index contributed by atoms with van der Waals surface area (Å²) >= 11 is 3.44. The van der Waals surface area contributed by atoms with Crippen LogP contribution in [0.4, 0.5) is 11.4 Å². The number of hydrogen-bond donors (Lipinski definition) is 2. The number of carbonyl (C=O) groups excluding carboxylic acids is 1. The number of halogens is 1. The first-order valence-electron chi connectivity index (χ1n) is 6.09. The highest BCUT2D eigenvalue weighted by Gasteiger charge is 2.07. The van der Waals surface area contributed by atoms with Crippen molar-refractivity contribution in [3.63, 3.8) is 0 Å². The topological polar surface area (TPSA) is 64.3 Å². The molecular formula is C15H15BrN2O2. The lowest BCUT2D eigenvalue weighted by molar-refractivity contribution is -0.118. The summed E-state index contributed by atoms with van der Waals surface area (Å²) in [7, 11) is 0. The highest BCUT2D eigenvalue weighted by molar-refractivity contribution is 9.10. The van der Waals surface area contributed by atoms with Crippen molar-refractivity contribution in [3.8, 4) is 5.75 Å². The molecule has 0 bridgehead atoms. The maximum absolute atomic E-state index is 11.8. The van der Waals surface area contributed by atoms with Gasteiger partial charge in [0.05, 0.1) is 5.69 Å². The van der Waals surface area contributed by atoms with Crippen LogP contribution in [0.3, 0.4) is 0 Å². The number of benzene rings is 2. The Balaban J connectivity index is 1.92. The summed E-state index contributed by atoms with van der Waals surface area (Å²) in [6, 6.07) is 12.6. The molecule has 0 spiro atoms. The van der Waals surface area contributed by atoms with E-state index in [4.69, 9.17) is 10.5 Å². The van der Waals surface area contributed by atoms with Crippen molar-refractivity contribution in [2.24, 2.45) is 0 Å². The van der Waals surface area contributed by atoms with Crippen molar-refractivity contribution < 1.29 is 9.53 Å². The second kappa shape index (κ2) is 6.43. The first kappa shape index (κ1) is 14.4. The summed E-state index contributed by atoms with van der Waals surface area (Å²) in [5.41, 5.74) is 8.02. The number of nitrogens with one attached hydrogen (secondary N) is 1. The molecule has 0 atom stereocenters. The lowest BCUT2D eigenvalue weighted by atomic mass is 10.2. The predicted octanol–water partition coefficient (Wildman–Crippen LogP) is 3.36. The summed E-state index contributed by atoms with van der Waals surface area (Å²) in [5.74, 6) is 0.394. The molecule has 0 saturated heterocycles. The maximum atomic E-state index is 11.8. The monoisotopic (exact) mass is 334 g/mol. The van der Waals surface area contributed by atoms with Crippen molar-refractivity contribution >= 4 is 33.2 Å². The van der Waals surface area contributed by atoms with Crippen molar-refractivity contribution in [1.29, 1.82) is 0 Å². The van der Waals surface area contributed by atoms with Crippen LogP contribution in [-0.4, -0.2) is 12.5 Å². The molecule has 2 rings (SSSR count). The smallest absolute Gasteiger partial charge is 0.262 e. The molecule has 2 aromatic carbocycles. The van der Waals surface area contributed by atoms with E-state index in [0.717, 1.165) is 15.7 Å². The summed E-state index contributed by atoms with van der Waals surface area (Å²) in [4.78, 5) is 11.8. The molecule has 5 heteroatoms. The minimum Gasteiger partial charge on any atom is -0.484 e. The Morgan fingerprint density at radius 1 is 1.25 bits per heavy atom. The van der Waals surface area contributed by atoms with Crippen LogP contribution in [0, 0.1) is 6.92 Å². The zero-order valence-electron chi connectivity index (χ0n) is 11.0. The van der Waals surface area contributed by atoms with E-state index >= 15 is 0 Å². The van der Waals surface area contributed by atoms with E-state index in [9.17, 15) is 4.79 Å². The number of aryl methyl sites for hydroxylation is 1. The maximum Gasteiger partial charge on any atom is 0.262 e. The molecule has 4 nitrogen and oxygen atoms in total. The van der Waals surface area contributed by atoms with Crippen LogP contribution < -0.4 is 15.8 Å². The van der Waals surface area contributed by atoms with Gasteiger partial charge in [0.1, 0.15) is 5.75 Å². The average molecular weight is 335 g/mol. The fraction of sp³-hybridized carbons (Fsp3) is 0.133. The van der Waals surface area contributed by atoms with E-state index in [-0.39, 0.29) is 12.5 Å². The molecule has 0 fully saturated rings. The lowest BCUT2D eigenvalue weighted by Crippen LogP contribution is -2.20. The fourth-order valence-corrected chi connectivity index (χ4v) is 2.01. The van der Waals surface area contributed by atoms with E-state index in [0.29, 0.717) is 11.4 Å². The molecule has 0 saturated carbocycles. The number of anilines is 2. The first-order valence-corrected chi connectivity index (χ1v) is 6.89. The molecule has 0 unspecified atom stereocenters. The fourth-order valence-electron chi connectivity index (χ4n) is 1.64. The predicted molar refractivity (Wildman–Crippen MR) is 83.9 cm³/mol. The van der Waals surface area contributed by atoms with Crippen molar-refractivity contribution in [2.45, 2.75) is 6.92 Å². The van der Waals surface area contributed by atoms with Crippen LogP contribution in [0.1, 0.15) is 5.56 Å². The first-order chi connectivity index (χ1) is 9.56. The third-order valence-corrected chi connectivity index (χ3v) is 3.77. The van der Waals surface area contributed by atoms with Gasteiger partial charge in [-0.1, -0.05) is 12.1 Å². The van der Waals surface area contributed by atoms with Crippen molar-refractivity contribution in [3.05, 3.63) is 52.5 Å². The van der Waals surface area contributed by atoms with Gasteiger partial charge in [0, 0.05) is 10.2 Å². The van der Waals surface area contributed by atoms with Gasteiger partial charge >= 0.3 is 0 Å². The van der Waals surface area contributed by atoms with E-state index in [1.54, 1.807) is 24.3 Å². The Morgan fingerprint density at radius 2 is 1.95 bits per heavy atom. The van der Waals surface area contributed by atoms with Gasteiger partial charge in [-0.2, -0.15) is 0 Å². The van der Waals surface area contributed by atoms with Gasteiger partial charge in [-0.15, -0.1) is 0 Å². The van der Waals surface area contributed by atoms with Crippen molar-refractivity contribution in [2.75, 3.05) is 17.7 Å². The van der Waals surface area contributed by atoms with Crippen LogP contribution in [0.2, 0.25) is 0 Å². The quantitative estimate of drug-likeness (QED) is 0.842. The second-order valence-corrected chi connectivity index (χ2v) is 5.14. The summed E-state index contributed by atoms with van der Waals surface area (Å²) in [5, 5.41) is 2.80. The standard InChI is InChI=1S/C15H15BrN2O2/c1-10-3-2-4-13(15(10)16)18-14(19)9-20-12-7-5-11(17)6-8-12/h2-8H,9,17H2,1H3,(H,18,19). The molecule has 3 N–H and O–H groups in total. The SMILES string of the molecule is Cc1cccc(NC(=O)COc2ccc(N)cc2)c1Br. The van der Waals surface area contributed by atoms with Crippen LogP contribution in [-0.2, 0) is 4.79 Å². The van der Waals surface area contributed by atoms with Gasteiger partial charge in [0.15, 0.2) is 6.61 Å². The van der Waals surface area contributed by atoms with Crippen LogP contribution in [0.25, 0.3) is 0 Å². The second-order valence-electron chi connectivity index (χ2n) is 4.34. The molecular weight excluding hydrogens is 320 g/mol. The number of ether oxygens (including phenoxy) is 1. The molecule has 0 radical (unpaired) electrons. The molecule has 1 amide bonds. The Hall–Kier alpha value is -2.01. The summed E-state index contributed by atoms with van der Waals surface area (Å²) in [6.45, 7) is 1.91. The van der Waals surface area contributed by atoms with Gasteiger partial charge in [0.25, 0.3) is 5.91 Å². The Kier molecular flexibility index (Phi) is 4.63. The number of amides is 1. The molecule has 0 aliphatic heterocycles. The number of carbonyl (C=O) groups is 1. The minimum atomic E-state index is -0.215. The van der Waals surface area contributed by atoms with Crippen LogP contribution in [0.15, 0.2) is 46.9 Å². The van der Waals surface area contributed by atoms with E-state index in [1.807, 2.05) is 25.1 Å². The summed E-state index contributed by atoms with van der Waals surface area (Å²) in [6.07, 6.45) is 0. The average Bonchev–Trinajstić information content (AvgIpc) is 2.43.